The molecule has 0 bridgehead atoms. The third-order valence-electron chi connectivity index (χ3n) is 2.70. The zero-order chi connectivity index (χ0) is 15.0. The summed E-state index contributed by atoms with van der Waals surface area (Å²) < 4.78 is 0. The summed E-state index contributed by atoms with van der Waals surface area (Å²) in [5.41, 5.74) is 5.61. The average Bonchev–Trinajstić information content (AvgIpc) is 2.30. The molecule has 1 unspecified atom stereocenters. The van der Waals surface area contributed by atoms with Crippen LogP contribution in [0.1, 0.15) is 40.5 Å². The topological polar surface area (TPSA) is 75.4 Å². The third-order valence-corrected chi connectivity index (χ3v) is 2.98. The lowest BCUT2D eigenvalue weighted by molar-refractivity contribution is -0.137. The Balaban J connectivity index is 4.69. The van der Waals surface area contributed by atoms with Crippen LogP contribution in [0.15, 0.2) is 0 Å². The summed E-state index contributed by atoms with van der Waals surface area (Å²) in [6.07, 6.45) is 1.44. The molecule has 19 heavy (non-hydrogen) atoms. The molecule has 3 N–H and O–H groups in total. The van der Waals surface area contributed by atoms with E-state index in [1.165, 1.54) is 4.90 Å². The maximum Gasteiger partial charge on any atom is 0.239 e. The standard InChI is InChI=1S/C13H25N3O2S/c1-5-7-10(12(14)19)13(18)16(6-2)8-11(17)15-9(3)4/h9-10H,5-8H2,1-4H3,(H2,14,19)(H,15,17). The largest absolute Gasteiger partial charge is 0.393 e. The van der Waals surface area contributed by atoms with Crippen LogP contribution in [0.25, 0.3) is 0 Å². The van der Waals surface area contributed by atoms with Gasteiger partial charge < -0.3 is 16.0 Å². The number of nitrogens with zero attached hydrogens (tertiary/aromatic N) is 1. The molecule has 2 amide bonds. The fourth-order valence-corrected chi connectivity index (χ4v) is 2.00. The first-order valence-corrected chi connectivity index (χ1v) is 7.11. The highest BCUT2D eigenvalue weighted by Crippen LogP contribution is 2.11. The van der Waals surface area contributed by atoms with Crippen molar-refractivity contribution >= 4 is 29.0 Å². The summed E-state index contributed by atoms with van der Waals surface area (Å²) >= 11 is 4.94. The summed E-state index contributed by atoms with van der Waals surface area (Å²) in [5.74, 6) is -0.786. The van der Waals surface area contributed by atoms with E-state index in [2.05, 4.69) is 5.32 Å². The van der Waals surface area contributed by atoms with E-state index in [1.54, 1.807) is 0 Å². The number of carbonyl (C=O) groups is 2. The zero-order valence-electron chi connectivity index (χ0n) is 12.2. The van der Waals surface area contributed by atoms with E-state index in [4.69, 9.17) is 18.0 Å². The fourth-order valence-electron chi connectivity index (χ4n) is 1.78. The monoisotopic (exact) mass is 287 g/mol. The lowest BCUT2D eigenvalue weighted by Crippen LogP contribution is -2.46. The minimum absolute atomic E-state index is 0.0519. The highest BCUT2D eigenvalue weighted by molar-refractivity contribution is 7.80. The van der Waals surface area contributed by atoms with Crippen LogP contribution < -0.4 is 11.1 Å². The van der Waals surface area contributed by atoms with Gasteiger partial charge in [-0.1, -0.05) is 25.6 Å². The number of hydrogen-bond acceptors (Lipinski definition) is 3. The van der Waals surface area contributed by atoms with Crippen LogP contribution in [0.5, 0.6) is 0 Å². The number of carbonyl (C=O) groups excluding carboxylic acids is 2. The van der Waals surface area contributed by atoms with Crippen molar-refractivity contribution in [2.24, 2.45) is 11.7 Å². The molecule has 0 radical (unpaired) electrons. The molecule has 0 aromatic heterocycles. The number of nitrogens with one attached hydrogen (secondary N) is 1. The zero-order valence-corrected chi connectivity index (χ0v) is 13.0. The van der Waals surface area contributed by atoms with Gasteiger partial charge in [0, 0.05) is 12.6 Å². The van der Waals surface area contributed by atoms with Crippen LogP contribution in [0.3, 0.4) is 0 Å². The Morgan fingerprint density at radius 3 is 2.26 bits per heavy atom. The number of rotatable bonds is 8. The van der Waals surface area contributed by atoms with Gasteiger partial charge in [-0.05, 0) is 27.2 Å². The van der Waals surface area contributed by atoms with Gasteiger partial charge in [-0.25, -0.2) is 0 Å². The van der Waals surface area contributed by atoms with Gasteiger partial charge >= 0.3 is 0 Å². The normalized spacial score (nSPS) is 12.1. The van der Waals surface area contributed by atoms with Crippen molar-refractivity contribution in [2.45, 2.75) is 46.6 Å². The number of amides is 2. The second-order valence-corrected chi connectivity index (χ2v) is 5.29. The summed E-state index contributed by atoms with van der Waals surface area (Å²) in [7, 11) is 0. The van der Waals surface area contributed by atoms with Crippen LogP contribution in [0, 0.1) is 5.92 Å². The number of hydrogen-bond donors (Lipinski definition) is 2. The average molecular weight is 287 g/mol. The molecule has 0 rings (SSSR count). The Kier molecular flexibility index (Phi) is 8.30. The van der Waals surface area contributed by atoms with Crippen molar-refractivity contribution in [1.82, 2.24) is 10.2 Å². The summed E-state index contributed by atoms with van der Waals surface area (Å²) in [6.45, 7) is 8.09. The number of nitrogens with two attached hydrogens (primary N) is 1. The highest BCUT2D eigenvalue weighted by atomic mass is 32.1. The Morgan fingerprint density at radius 2 is 1.89 bits per heavy atom. The quantitative estimate of drug-likeness (QED) is 0.655. The summed E-state index contributed by atoms with van der Waals surface area (Å²) in [5, 5.41) is 2.77. The minimum Gasteiger partial charge on any atom is -0.393 e. The van der Waals surface area contributed by atoms with Gasteiger partial charge in [-0.2, -0.15) is 0 Å². The summed E-state index contributed by atoms with van der Waals surface area (Å²) in [4.78, 5) is 25.7. The van der Waals surface area contributed by atoms with Crippen molar-refractivity contribution in [1.29, 1.82) is 0 Å². The van der Waals surface area contributed by atoms with Crippen molar-refractivity contribution in [2.75, 3.05) is 13.1 Å². The Morgan fingerprint density at radius 1 is 1.32 bits per heavy atom. The second kappa shape index (κ2) is 8.85. The maximum atomic E-state index is 12.3. The first-order chi connectivity index (χ1) is 8.83. The number of likely N-dealkylation sites (N-methyl/N-ethyl adjacent to an activating group) is 1. The van der Waals surface area contributed by atoms with Gasteiger partial charge in [-0.15, -0.1) is 0 Å². The fraction of sp³-hybridized carbons (Fsp3) is 0.769. The molecule has 5 nitrogen and oxygen atoms in total. The molecule has 0 heterocycles. The predicted molar refractivity (Wildman–Crippen MR) is 80.7 cm³/mol. The lowest BCUT2D eigenvalue weighted by atomic mass is 10.0. The van der Waals surface area contributed by atoms with Crippen LogP contribution in [-0.2, 0) is 9.59 Å². The molecular formula is C13H25N3O2S. The van der Waals surface area contributed by atoms with E-state index in [0.717, 1.165) is 6.42 Å². The van der Waals surface area contributed by atoms with Gasteiger partial charge in [0.05, 0.1) is 17.5 Å². The molecule has 0 aliphatic carbocycles. The van der Waals surface area contributed by atoms with Crippen LogP contribution >= 0.6 is 12.2 Å². The van der Waals surface area contributed by atoms with Crippen molar-refractivity contribution in [3.05, 3.63) is 0 Å². The number of thiocarbonyl (C=S) groups is 1. The molecule has 110 valence electrons. The molecular weight excluding hydrogens is 262 g/mol. The van der Waals surface area contributed by atoms with E-state index in [-0.39, 0.29) is 29.4 Å². The van der Waals surface area contributed by atoms with Crippen LogP contribution in [0.4, 0.5) is 0 Å². The van der Waals surface area contributed by atoms with Gasteiger partial charge in [0.1, 0.15) is 0 Å². The Hall–Kier alpha value is -1.17. The maximum absolute atomic E-state index is 12.3. The lowest BCUT2D eigenvalue weighted by Gasteiger charge is -2.25. The molecule has 0 saturated heterocycles. The van der Waals surface area contributed by atoms with E-state index in [9.17, 15) is 9.59 Å². The molecule has 0 saturated carbocycles. The smallest absolute Gasteiger partial charge is 0.239 e. The summed E-state index contributed by atoms with van der Waals surface area (Å²) in [6, 6.07) is 0.0586. The third kappa shape index (κ3) is 6.52. The van der Waals surface area contributed by atoms with E-state index in [1.807, 2.05) is 27.7 Å². The van der Waals surface area contributed by atoms with Crippen LogP contribution in [-0.4, -0.2) is 40.8 Å². The predicted octanol–water partition coefficient (Wildman–Crippen LogP) is 1.06. The van der Waals surface area contributed by atoms with E-state index < -0.39 is 5.92 Å². The molecule has 0 aliphatic heterocycles. The van der Waals surface area contributed by atoms with Crippen molar-refractivity contribution in [3.8, 4) is 0 Å². The molecule has 0 aromatic carbocycles. The van der Waals surface area contributed by atoms with Crippen LogP contribution in [0.2, 0.25) is 0 Å². The molecule has 0 spiro atoms. The van der Waals surface area contributed by atoms with Gasteiger partial charge in [-0.3, -0.25) is 9.59 Å². The van der Waals surface area contributed by atoms with Crippen molar-refractivity contribution < 1.29 is 9.59 Å². The SMILES string of the molecule is CCCC(C(=O)N(CC)CC(=O)NC(C)C)C(N)=S. The Bertz CT molecular complexity index is 332. The first kappa shape index (κ1) is 17.8. The van der Waals surface area contributed by atoms with E-state index >= 15 is 0 Å². The van der Waals surface area contributed by atoms with Crippen molar-refractivity contribution in [3.63, 3.8) is 0 Å². The molecule has 0 fully saturated rings. The molecule has 1 atom stereocenters. The molecule has 0 aliphatic rings. The van der Waals surface area contributed by atoms with Gasteiger partial charge in [0.2, 0.25) is 11.8 Å². The first-order valence-electron chi connectivity index (χ1n) is 6.70. The van der Waals surface area contributed by atoms with Gasteiger partial charge in [0.15, 0.2) is 0 Å². The second-order valence-electron chi connectivity index (χ2n) is 4.82. The minimum atomic E-state index is -0.466. The highest BCUT2D eigenvalue weighted by Gasteiger charge is 2.26. The molecule has 6 heteroatoms. The Labute approximate surface area is 120 Å². The van der Waals surface area contributed by atoms with Gasteiger partial charge in [0.25, 0.3) is 0 Å². The molecule has 0 aromatic rings. The van der Waals surface area contributed by atoms with E-state index in [0.29, 0.717) is 13.0 Å².